The Bertz CT molecular complexity index is 545. The zero-order valence-electron chi connectivity index (χ0n) is 12.7. The van der Waals surface area contributed by atoms with Crippen molar-refractivity contribution in [1.29, 1.82) is 0 Å². The standard InChI is InChI=1S/C14H23N3O3/c1-6-7-14(5,12(19)20)16-10-11(18)17(9-8-15-10)13(2,3)4/h8-9H,6-7H2,1-5H3,(H,15,16)(H,19,20). The molecule has 0 spiro atoms. The third-order valence-electron chi connectivity index (χ3n) is 3.18. The number of rotatable bonds is 5. The third-order valence-corrected chi connectivity index (χ3v) is 3.18. The van der Waals surface area contributed by atoms with E-state index in [1.54, 1.807) is 13.1 Å². The summed E-state index contributed by atoms with van der Waals surface area (Å²) in [6.07, 6.45) is 4.21. The highest BCUT2D eigenvalue weighted by atomic mass is 16.4. The molecule has 0 fully saturated rings. The van der Waals surface area contributed by atoms with Crippen LogP contribution in [0.15, 0.2) is 17.2 Å². The highest BCUT2D eigenvalue weighted by Gasteiger charge is 2.33. The molecule has 0 aromatic carbocycles. The van der Waals surface area contributed by atoms with Crippen molar-refractivity contribution in [2.45, 2.75) is 58.5 Å². The van der Waals surface area contributed by atoms with Crippen LogP contribution in [0.2, 0.25) is 0 Å². The fraction of sp³-hybridized carbons (Fsp3) is 0.643. The van der Waals surface area contributed by atoms with Gasteiger partial charge in [0, 0.05) is 17.9 Å². The van der Waals surface area contributed by atoms with Gasteiger partial charge < -0.3 is 15.0 Å². The molecule has 1 rings (SSSR count). The van der Waals surface area contributed by atoms with Crippen LogP contribution in [0.4, 0.5) is 5.82 Å². The minimum atomic E-state index is -1.20. The lowest BCUT2D eigenvalue weighted by Gasteiger charge is -2.27. The number of aliphatic carboxylic acids is 1. The number of hydrogen-bond acceptors (Lipinski definition) is 4. The number of carbonyl (C=O) groups is 1. The van der Waals surface area contributed by atoms with Gasteiger partial charge in [0.1, 0.15) is 5.54 Å². The molecule has 0 aliphatic rings. The molecule has 0 bridgehead atoms. The Morgan fingerprint density at radius 1 is 1.40 bits per heavy atom. The van der Waals surface area contributed by atoms with E-state index < -0.39 is 11.5 Å². The van der Waals surface area contributed by atoms with E-state index >= 15 is 0 Å². The molecule has 0 amide bonds. The van der Waals surface area contributed by atoms with Gasteiger partial charge in [-0.2, -0.15) is 0 Å². The van der Waals surface area contributed by atoms with Gasteiger partial charge in [0.25, 0.3) is 5.56 Å². The highest BCUT2D eigenvalue weighted by molar-refractivity contribution is 5.81. The van der Waals surface area contributed by atoms with Gasteiger partial charge in [-0.15, -0.1) is 0 Å². The van der Waals surface area contributed by atoms with E-state index in [2.05, 4.69) is 10.3 Å². The van der Waals surface area contributed by atoms with Crippen molar-refractivity contribution in [1.82, 2.24) is 9.55 Å². The second kappa shape index (κ2) is 5.64. The van der Waals surface area contributed by atoms with Gasteiger partial charge in [-0.1, -0.05) is 13.3 Å². The Balaban J connectivity index is 3.22. The molecule has 0 saturated carbocycles. The largest absolute Gasteiger partial charge is 0.480 e. The molecule has 2 N–H and O–H groups in total. The summed E-state index contributed by atoms with van der Waals surface area (Å²) in [4.78, 5) is 27.8. The van der Waals surface area contributed by atoms with Crippen molar-refractivity contribution in [3.05, 3.63) is 22.7 Å². The van der Waals surface area contributed by atoms with Crippen LogP contribution in [0.1, 0.15) is 47.5 Å². The summed E-state index contributed by atoms with van der Waals surface area (Å²) in [5.74, 6) is -0.924. The van der Waals surface area contributed by atoms with Crippen molar-refractivity contribution in [3.63, 3.8) is 0 Å². The Labute approximate surface area is 118 Å². The van der Waals surface area contributed by atoms with E-state index in [1.807, 2.05) is 27.7 Å². The first-order chi connectivity index (χ1) is 9.12. The predicted octanol–water partition coefficient (Wildman–Crippen LogP) is 2.05. The number of nitrogens with one attached hydrogen (secondary N) is 1. The first kappa shape index (κ1) is 16.2. The maximum atomic E-state index is 12.4. The lowest BCUT2D eigenvalue weighted by atomic mass is 9.96. The molecule has 0 radical (unpaired) electrons. The zero-order valence-corrected chi connectivity index (χ0v) is 12.7. The van der Waals surface area contributed by atoms with Gasteiger partial charge in [-0.05, 0) is 34.1 Å². The Morgan fingerprint density at radius 3 is 2.45 bits per heavy atom. The first-order valence-corrected chi connectivity index (χ1v) is 6.71. The van der Waals surface area contributed by atoms with Crippen LogP contribution in [0, 0.1) is 0 Å². The lowest BCUT2D eigenvalue weighted by molar-refractivity contribution is -0.142. The summed E-state index contributed by atoms with van der Waals surface area (Å²) in [5, 5.41) is 12.1. The van der Waals surface area contributed by atoms with Crippen LogP contribution in [-0.2, 0) is 10.3 Å². The Hall–Kier alpha value is -1.85. The molecule has 112 valence electrons. The maximum absolute atomic E-state index is 12.4. The minimum Gasteiger partial charge on any atom is -0.480 e. The third kappa shape index (κ3) is 3.37. The number of hydrogen-bond donors (Lipinski definition) is 2. The van der Waals surface area contributed by atoms with Crippen molar-refractivity contribution in [2.24, 2.45) is 0 Å². The number of aromatic nitrogens is 2. The molecular formula is C14H23N3O3. The average Bonchev–Trinajstić information content (AvgIpc) is 2.30. The summed E-state index contributed by atoms with van der Waals surface area (Å²) < 4.78 is 1.54. The van der Waals surface area contributed by atoms with Crippen LogP contribution >= 0.6 is 0 Å². The molecule has 20 heavy (non-hydrogen) atoms. The van der Waals surface area contributed by atoms with Gasteiger partial charge in [0.2, 0.25) is 0 Å². The molecule has 1 aromatic rings. The van der Waals surface area contributed by atoms with Crippen LogP contribution in [0.3, 0.4) is 0 Å². The predicted molar refractivity (Wildman–Crippen MR) is 78.1 cm³/mol. The summed E-state index contributed by atoms with van der Waals surface area (Å²) in [6.45, 7) is 9.17. The number of carboxylic acid groups (broad SMARTS) is 1. The summed E-state index contributed by atoms with van der Waals surface area (Å²) in [7, 11) is 0. The van der Waals surface area contributed by atoms with E-state index in [1.165, 1.54) is 10.8 Å². The van der Waals surface area contributed by atoms with Crippen molar-refractivity contribution in [2.75, 3.05) is 5.32 Å². The van der Waals surface area contributed by atoms with Crippen LogP contribution < -0.4 is 10.9 Å². The van der Waals surface area contributed by atoms with Crippen molar-refractivity contribution >= 4 is 11.8 Å². The lowest BCUT2D eigenvalue weighted by Crippen LogP contribution is -2.46. The minimum absolute atomic E-state index is 0.0702. The highest BCUT2D eigenvalue weighted by Crippen LogP contribution is 2.18. The van der Waals surface area contributed by atoms with Gasteiger partial charge in [-0.3, -0.25) is 4.79 Å². The molecule has 0 aliphatic heterocycles. The molecule has 0 aliphatic carbocycles. The summed E-state index contributed by atoms with van der Waals surface area (Å²) in [5.41, 5.74) is -1.90. The molecule has 0 saturated heterocycles. The average molecular weight is 281 g/mol. The number of carboxylic acids is 1. The van der Waals surface area contributed by atoms with Gasteiger partial charge in [-0.25, -0.2) is 9.78 Å². The molecule has 1 unspecified atom stereocenters. The van der Waals surface area contributed by atoms with Gasteiger partial charge in [0.15, 0.2) is 5.82 Å². The summed E-state index contributed by atoms with van der Waals surface area (Å²) in [6, 6.07) is 0. The molecule has 1 aromatic heterocycles. The number of anilines is 1. The monoisotopic (exact) mass is 281 g/mol. The Kier molecular flexibility index (Phi) is 4.57. The van der Waals surface area contributed by atoms with Gasteiger partial charge in [0.05, 0.1) is 0 Å². The van der Waals surface area contributed by atoms with E-state index in [4.69, 9.17) is 0 Å². The van der Waals surface area contributed by atoms with Gasteiger partial charge >= 0.3 is 5.97 Å². The normalized spacial score (nSPS) is 14.7. The van der Waals surface area contributed by atoms with Crippen molar-refractivity contribution < 1.29 is 9.90 Å². The van der Waals surface area contributed by atoms with Crippen molar-refractivity contribution in [3.8, 4) is 0 Å². The van der Waals surface area contributed by atoms with E-state index in [0.717, 1.165) is 0 Å². The molecule has 6 nitrogen and oxygen atoms in total. The van der Waals surface area contributed by atoms with E-state index in [0.29, 0.717) is 12.8 Å². The van der Waals surface area contributed by atoms with E-state index in [9.17, 15) is 14.7 Å². The maximum Gasteiger partial charge on any atom is 0.329 e. The fourth-order valence-corrected chi connectivity index (χ4v) is 2.01. The van der Waals surface area contributed by atoms with Crippen LogP contribution in [0.25, 0.3) is 0 Å². The molecule has 1 heterocycles. The Morgan fingerprint density at radius 2 is 2.00 bits per heavy atom. The van der Waals surface area contributed by atoms with E-state index in [-0.39, 0.29) is 16.9 Å². The van der Waals surface area contributed by atoms with Crippen LogP contribution in [-0.4, -0.2) is 26.2 Å². The second-order valence-electron chi connectivity index (χ2n) is 6.13. The smallest absolute Gasteiger partial charge is 0.329 e. The molecular weight excluding hydrogens is 258 g/mol. The van der Waals surface area contributed by atoms with Crippen LogP contribution in [0.5, 0.6) is 0 Å². The first-order valence-electron chi connectivity index (χ1n) is 6.71. The SMILES string of the molecule is CCCC(C)(Nc1nccn(C(C)(C)C)c1=O)C(=O)O. The molecule has 6 heteroatoms. The summed E-state index contributed by atoms with van der Waals surface area (Å²) >= 11 is 0. The fourth-order valence-electron chi connectivity index (χ4n) is 2.01. The zero-order chi connectivity index (χ0) is 15.6. The second-order valence-corrected chi connectivity index (χ2v) is 6.13. The number of nitrogens with zero attached hydrogens (tertiary/aromatic N) is 2. The quantitative estimate of drug-likeness (QED) is 0.863. The topological polar surface area (TPSA) is 84.2 Å². The molecule has 1 atom stereocenters.